The summed E-state index contributed by atoms with van der Waals surface area (Å²) in [6.07, 6.45) is 0. The Morgan fingerprint density at radius 3 is 1.63 bits per heavy atom. The Kier molecular flexibility index (Phi) is 7.42. The first-order valence-corrected chi connectivity index (χ1v) is 22.0. The summed E-state index contributed by atoms with van der Waals surface area (Å²) < 4.78 is 13.8. The molecule has 3 heteroatoms. The van der Waals surface area contributed by atoms with Crippen molar-refractivity contribution in [2.75, 3.05) is 4.90 Å². The number of nitrogens with zero attached hydrogens (tertiary/aromatic N) is 1. The molecular weight excluding hydrogens is 767 g/mol. The maximum Gasteiger partial charge on any atom is 0.144 e. The van der Waals surface area contributed by atoms with E-state index in [2.05, 4.69) is 215 Å². The van der Waals surface area contributed by atoms with Crippen LogP contribution >= 0.6 is 0 Å². The van der Waals surface area contributed by atoms with E-state index >= 15 is 0 Å². The number of para-hydroxylation sites is 1. The molecule has 0 radical (unpaired) electrons. The SMILES string of the molecule is CC1(C)c2ccccc2-c2ccc(-c3c4oc5ccc(N(c6ccc(-c7ccccc7)cc6)c6ccc7c(c6)C(C)(C)c6ccccc6-7)cc5c4cc4oc5ccccc5c34)cc21. The summed E-state index contributed by atoms with van der Waals surface area (Å²) in [6, 6.07) is 68.5. The number of hydrogen-bond acceptors (Lipinski definition) is 3. The van der Waals surface area contributed by atoms with E-state index in [-0.39, 0.29) is 10.8 Å². The van der Waals surface area contributed by atoms with E-state index in [0.717, 1.165) is 72.1 Å². The largest absolute Gasteiger partial charge is 0.456 e. The molecule has 0 saturated heterocycles. The molecule has 2 aromatic heterocycles. The van der Waals surface area contributed by atoms with Crippen LogP contribution in [0, 0.1) is 0 Å². The molecule has 0 saturated carbocycles. The van der Waals surface area contributed by atoms with Gasteiger partial charge in [-0.05, 0) is 122 Å². The standard InChI is InChI=1S/C60H43NO2/c1-59(2)49-19-11-8-16-42(49)44-29-24-38(32-51(44)59)56-57-46-18-10-13-21-53(46)62-55(57)35-48-47-33-40(28-31-54(47)63-58(48)56)61(39-25-22-37(23-26-39)36-14-6-5-7-15-36)41-27-30-45-43-17-9-12-20-50(43)60(3,4)52(45)34-41/h5-35H,1-4H3. The van der Waals surface area contributed by atoms with E-state index in [1.807, 2.05) is 6.07 Å². The first-order chi connectivity index (χ1) is 30.7. The van der Waals surface area contributed by atoms with Gasteiger partial charge in [0.1, 0.15) is 22.3 Å². The van der Waals surface area contributed by atoms with Crippen LogP contribution in [0.4, 0.5) is 17.1 Å². The second-order valence-electron chi connectivity index (χ2n) is 18.5. The van der Waals surface area contributed by atoms with Crippen LogP contribution in [-0.2, 0) is 10.8 Å². The van der Waals surface area contributed by atoms with Gasteiger partial charge in [0.2, 0.25) is 0 Å². The highest BCUT2D eigenvalue weighted by atomic mass is 16.3. The maximum atomic E-state index is 7.07. The van der Waals surface area contributed by atoms with Gasteiger partial charge in [-0.3, -0.25) is 0 Å². The number of rotatable bonds is 5. The van der Waals surface area contributed by atoms with Crippen LogP contribution in [0.25, 0.3) is 88.4 Å². The van der Waals surface area contributed by atoms with Gasteiger partial charge in [-0.25, -0.2) is 0 Å². The van der Waals surface area contributed by atoms with Crippen molar-refractivity contribution in [3.8, 4) is 44.5 Å². The van der Waals surface area contributed by atoms with Gasteiger partial charge in [-0.15, -0.1) is 0 Å². The molecule has 63 heavy (non-hydrogen) atoms. The lowest BCUT2D eigenvalue weighted by Gasteiger charge is -2.28. The number of hydrogen-bond donors (Lipinski definition) is 0. The minimum atomic E-state index is -0.144. The molecule has 13 rings (SSSR count). The third kappa shape index (κ3) is 5.14. The predicted octanol–water partition coefficient (Wildman–Crippen LogP) is 16.9. The van der Waals surface area contributed by atoms with Crippen LogP contribution < -0.4 is 4.90 Å². The van der Waals surface area contributed by atoms with Crippen LogP contribution in [0.2, 0.25) is 0 Å². The zero-order valence-corrected chi connectivity index (χ0v) is 35.7. The molecule has 0 unspecified atom stereocenters. The van der Waals surface area contributed by atoms with Crippen molar-refractivity contribution in [2.45, 2.75) is 38.5 Å². The van der Waals surface area contributed by atoms with Gasteiger partial charge in [0.05, 0.1) is 0 Å². The van der Waals surface area contributed by atoms with E-state index in [9.17, 15) is 0 Å². The van der Waals surface area contributed by atoms with Crippen molar-refractivity contribution in [1.82, 2.24) is 0 Å². The zero-order chi connectivity index (χ0) is 42.2. The Morgan fingerprint density at radius 1 is 0.349 bits per heavy atom. The first kappa shape index (κ1) is 36.1. The van der Waals surface area contributed by atoms with Crippen molar-refractivity contribution < 1.29 is 8.83 Å². The fourth-order valence-corrected chi connectivity index (χ4v) is 11.1. The van der Waals surface area contributed by atoms with E-state index in [0.29, 0.717) is 0 Å². The highest BCUT2D eigenvalue weighted by Crippen LogP contribution is 2.53. The Balaban J connectivity index is 1.03. The molecule has 0 fully saturated rings. The summed E-state index contributed by atoms with van der Waals surface area (Å²) in [7, 11) is 0. The highest BCUT2D eigenvalue weighted by molar-refractivity contribution is 6.24. The summed E-state index contributed by atoms with van der Waals surface area (Å²) in [6.45, 7) is 9.38. The predicted molar refractivity (Wildman–Crippen MR) is 262 cm³/mol. The molecule has 11 aromatic rings. The van der Waals surface area contributed by atoms with Gasteiger partial charge < -0.3 is 13.7 Å². The molecular formula is C60H43NO2. The third-order valence-electron chi connectivity index (χ3n) is 14.3. The topological polar surface area (TPSA) is 29.5 Å². The lowest BCUT2D eigenvalue weighted by atomic mass is 9.81. The normalized spacial score (nSPS) is 14.3. The van der Waals surface area contributed by atoms with E-state index in [4.69, 9.17) is 8.83 Å². The molecule has 300 valence electrons. The average molecular weight is 810 g/mol. The maximum absolute atomic E-state index is 7.07. The first-order valence-electron chi connectivity index (χ1n) is 22.0. The molecule has 0 bridgehead atoms. The van der Waals surface area contributed by atoms with Crippen LogP contribution in [0.3, 0.4) is 0 Å². The van der Waals surface area contributed by atoms with E-state index in [1.54, 1.807) is 0 Å². The highest BCUT2D eigenvalue weighted by Gasteiger charge is 2.37. The smallest absolute Gasteiger partial charge is 0.144 e. The summed E-state index contributed by atoms with van der Waals surface area (Å²) in [4.78, 5) is 2.40. The van der Waals surface area contributed by atoms with Crippen molar-refractivity contribution in [3.63, 3.8) is 0 Å². The van der Waals surface area contributed by atoms with E-state index < -0.39 is 0 Å². The van der Waals surface area contributed by atoms with Gasteiger partial charge in [-0.1, -0.05) is 155 Å². The quantitative estimate of drug-likeness (QED) is 0.173. The van der Waals surface area contributed by atoms with Crippen LogP contribution in [0.5, 0.6) is 0 Å². The fourth-order valence-electron chi connectivity index (χ4n) is 11.1. The molecule has 0 aliphatic heterocycles. The minimum Gasteiger partial charge on any atom is -0.456 e. The molecule has 3 nitrogen and oxygen atoms in total. The van der Waals surface area contributed by atoms with Crippen LogP contribution in [0.15, 0.2) is 197 Å². The van der Waals surface area contributed by atoms with Crippen molar-refractivity contribution in [2.24, 2.45) is 0 Å². The lowest BCUT2D eigenvalue weighted by molar-refractivity contribution is 0.660. The Hall–Kier alpha value is -7.62. The molecule has 0 amide bonds. The Bertz CT molecular complexity index is 3680. The molecule has 0 N–H and O–H groups in total. The molecule has 0 spiro atoms. The summed E-state index contributed by atoms with van der Waals surface area (Å²) in [5.74, 6) is 0. The number of anilines is 3. The van der Waals surface area contributed by atoms with E-state index in [1.165, 1.54) is 55.6 Å². The van der Waals surface area contributed by atoms with Crippen molar-refractivity contribution in [3.05, 3.63) is 210 Å². The fraction of sp³-hybridized carbons (Fsp3) is 0.100. The monoisotopic (exact) mass is 809 g/mol. The van der Waals surface area contributed by atoms with Gasteiger partial charge in [0.25, 0.3) is 0 Å². The number of furan rings is 2. The van der Waals surface area contributed by atoms with Gasteiger partial charge in [0, 0.05) is 55.0 Å². The van der Waals surface area contributed by atoms with Crippen molar-refractivity contribution in [1.29, 1.82) is 0 Å². The second kappa shape index (κ2) is 13.0. The summed E-state index contributed by atoms with van der Waals surface area (Å²) in [5.41, 5.74) is 21.6. The summed E-state index contributed by atoms with van der Waals surface area (Å²) in [5, 5.41) is 4.23. The van der Waals surface area contributed by atoms with Crippen LogP contribution in [-0.4, -0.2) is 0 Å². The number of benzene rings is 9. The Morgan fingerprint density at radius 2 is 0.889 bits per heavy atom. The molecule has 9 aromatic carbocycles. The lowest BCUT2D eigenvalue weighted by Crippen LogP contribution is -2.16. The second-order valence-corrected chi connectivity index (χ2v) is 18.5. The van der Waals surface area contributed by atoms with Crippen molar-refractivity contribution >= 4 is 60.9 Å². The third-order valence-corrected chi connectivity index (χ3v) is 14.3. The Labute approximate surface area is 366 Å². The molecule has 2 aliphatic carbocycles. The molecule has 2 heterocycles. The summed E-state index contributed by atoms with van der Waals surface area (Å²) >= 11 is 0. The average Bonchev–Trinajstić information content (AvgIpc) is 4.01. The van der Waals surface area contributed by atoms with Gasteiger partial charge in [-0.2, -0.15) is 0 Å². The van der Waals surface area contributed by atoms with Gasteiger partial charge >= 0.3 is 0 Å². The number of fused-ring (bicyclic) bond motifs is 12. The molecule has 2 aliphatic rings. The van der Waals surface area contributed by atoms with Gasteiger partial charge in [0.15, 0.2) is 0 Å². The van der Waals surface area contributed by atoms with Crippen LogP contribution in [0.1, 0.15) is 49.9 Å². The zero-order valence-electron chi connectivity index (χ0n) is 35.7. The molecule has 0 atom stereocenters. The minimum absolute atomic E-state index is 0.139.